The molecule has 0 unspecified atom stereocenters. The maximum Gasteiger partial charge on any atom is 0.258 e. The summed E-state index contributed by atoms with van der Waals surface area (Å²) in [6.45, 7) is 1.92. The fraction of sp³-hybridized carbons (Fsp3) is 0.250. The van der Waals surface area contributed by atoms with Gasteiger partial charge in [-0.25, -0.2) is 0 Å². The van der Waals surface area contributed by atoms with Crippen LogP contribution in [0.1, 0.15) is 5.69 Å². The second kappa shape index (κ2) is 3.42. The molecule has 0 saturated heterocycles. The van der Waals surface area contributed by atoms with Gasteiger partial charge in [0.05, 0.1) is 12.5 Å². The molecule has 0 radical (unpaired) electrons. The van der Waals surface area contributed by atoms with E-state index < -0.39 is 0 Å². The molecule has 15 heavy (non-hydrogen) atoms. The predicted molar refractivity (Wildman–Crippen MR) is 60.5 cm³/mol. The summed E-state index contributed by atoms with van der Waals surface area (Å²) in [5.41, 5.74) is 0.974. The standard InChI is InChI=1S/C12H13NO2/c1-8-6-9-4-5-10(15-3)7-11(9)12(14)13(8)2/h4-7H,1-3H3. The zero-order valence-corrected chi connectivity index (χ0v) is 9.07. The number of hydrogen-bond acceptors (Lipinski definition) is 2. The number of aromatic nitrogens is 1. The Morgan fingerprint density at radius 2 is 2.00 bits per heavy atom. The van der Waals surface area contributed by atoms with E-state index in [1.165, 1.54) is 0 Å². The van der Waals surface area contributed by atoms with Crippen LogP contribution in [0.2, 0.25) is 0 Å². The normalized spacial score (nSPS) is 10.6. The Kier molecular flexibility index (Phi) is 2.23. The van der Waals surface area contributed by atoms with Crippen LogP contribution >= 0.6 is 0 Å². The van der Waals surface area contributed by atoms with Gasteiger partial charge in [-0.05, 0) is 30.5 Å². The maximum absolute atomic E-state index is 11.9. The van der Waals surface area contributed by atoms with Gasteiger partial charge in [-0.2, -0.15) is 0 Å². The second-order valence-electron chi connectivity index (χ2n) is 3.60. The molecule has 0 fully saturated rings. The van der Waals surface area contributed by atoms with Crippen molar-refractivity contribution in [2.75, 3.05) is 7.11 Å². The minimum atomic E-state index is 0.0175. The van der Waals surface area contributed by atoms with Crippen LogP contribution in [0.25, 0.3) is 10.8 Å². The van der Waals surface area contributed by atoms with E-state index in [1.807, 2.05) is 25.1 Å². The molecular formula is C12H13NO2. The fourth-order valence-corrected chi connectivity index (χ4v) is 1.64. The number of aryl methyl sites for hydroxylation is 1. The molecule has 0 bridgehead atoms. The number of rotatable bonds is 1. The number of ether oxygens (including phenoxy) is 1. The largest absolute Gasteiger partial charge is 0.497 e. The molecule has 0 aliphatic carbocycles. The first-order chi connectivity index (χ1) is 7.13. The van der Waals surface area contributed by atoms with Crippen molar-refractivity contribution < 1.29 is 4.74 Å². The van der Waals surface area contributed by atoms with Crippen LogP contribution < -0.4 is 10.3 Å². The molecule has 0 saturated carbocycles. The van der Waals surface area contributed by atoms with Gasteiger partial charge in [0.15, 0.2) is 0 Å². The van der Waals surface area contributed by atoms with Gasteiger partial charge >= 0.3 is 0 Å². The molecule has 1 heterocycles. The summed E-state index contributed by atoms with van der Waals surface area (Å²) in [7, 11) is 3.37. The second-order valence-corrected chi connectivity index (χ2v) is 3.60. The molecule has 0 amide bonds. The van der Waals surface area contributed by atoms with E-state index in [-0.39, 0.29) is 5.56 Å². The van der Waals surface area contributed by atoms with Crippen molar-refractivity contribution >= 4 is 10.8 Å². The number of benzene rings is 1. The quantitative estimate of drug-likeness (QED) is 0.708. The third-order valence-electron chi connectivity index (χ3n) is 2.69. The smallest absolute Gasteiger partial charge is 0.258 e. The van der Waals surface area contributed by atoms with Crippen LogP contribution in [0.15, 0.2) is 29.1 Å². The third kappa shape index (κ3) is 1.50. The van der Waals surface area contributed by atoms with Gasteiger partial charge in [0.1, 0.15) is 5.75 Å². The van der Waals surface area contributed by atoms with Crippen LogP contribution in [0, 0.1) is 6.92 Å². The third-order valence-corrected chi connectivity index (χ3v) is 2.69. The highest BCUT2D eigenvalue weighted by Crippen LogP contribution is 2.18. The van der Waals surface area contributed by atoms with E-state index in [2.05, 4.69) is 0 Å². The lowest BCUT2D eigenvalue weighted by Crippen LogP contribution is -2.18. The zero-order chi connectivity index (χ0) is 11.0. The summed E-state index contributed by atoms with van der Waals surface area (Å²) in [6.07, 6.45) is 0. The Balaban J connectivity index is 2.88. The molecule has 2 aromatic rings. The minimum Gasteiger partial charge on any atom is -0.497 e. The van der Waals surface area contributed by atoms with Gasteiger partial charge in [-0.3, -0.25) is 4.79 Å². The monoisotopic (exact) mass is 203 g/mol. The Labute approximate surface area is 87.9 Å². The topological polar surface area (TPSA) is 31.2 Å². The molecule has 3 nitrogen and oxygen atoms in total. The van der Waals surface area contributed by atoms with E-state index in [9.17, 15) is 4.79 Å². The lowest BCUT2D eigenvalue weighted by Gasteiger charge is -2.07. The fourth-order valence-electron chi connectivity index (χ4n) is 1.64. The first-order valence-electron chi connectivity index (χ1n) is 4.78. The van der Waals surface area contributed by atoms with Gasteiger partial charge < -0.3 is 9.30 Å². The lowest BCUT2D eigenvalue weighted by atomic mass is 10.1. The van der Waals surface area contributed by atoms with Crippen molar-refractivity contribution in [2.45, 2.75) is 6.92 Å². The van der Waals surface area contributed by atoms with Gasteiger partial charge in [-0.1, -0.05) is 6.07 Å². The molecule has 1 aromatic carbocycles. The SMILES string of the molecule is COc1ccc2cc(C)n(C)c(=O)c2c1. The van der Waals surface area contributed by atoms with E-state index in [0.717, 1.165) is 11.1 Å². The zero-order valence-electron chi connectivity index (χ0n) is 9.07. The van der Waals surface area contributed by atoms with Crippen LogP contribution in [0.3, 0.4) is 0 Å². The lowest BCUT2D eigenvalue weighted by molar-refractivity contribution is 0.415. The molecule has 0 N–H and O–H groups in total. The summed E-state index contributed by atoms with van der Waals surface area (Å²) >= 11 is 0. The molecular weight excluding hydrogens is 190 g/mol. The molecule has 0 atom stereocenters. The van der Waals surface area contributed by atoms with Crippen LogP contribution in [0.4, 0.5) is 0 Å². The average Bonchev–Trinajstić information content (AvgIpc) is 2.26. The van der Waals surface area contributed by atoms with Gasteiger partial charge in [0, 0.05) is 12.7 Å². The molecule has 2 rings (SSSR count). The molecule has 0 spiro atoms. The van der Waals surface area contributed by atoms with E-state index in [0.29, 0.717) is 11.1 Å². The first kappa shape index (κ1) is 9.77. The van der Waals surface area contributed by atoms with Crippen LogP contribution in [-0.2, 0) is 7.05 Å². The maximum atomic E-state index is 11.9. The van der Waals surface area contributed by atoms with Crippen LogP contribution in [0.5, 0.6) is 5.75 Å². The van der Waals surface area contributed by atoms with Crippen molar-refractivity contribution in [1.29, 1.82) is 0 Å². The summed E-state index contributed by atoms with van der Waals surface area (Å²) < 4.78 is 6.74. The molecule has 3 heteroatoms. The summed E-state index contributed by atoms with van der Waals surface area (Å²) in [6, 6.07) is 7.54. The summed E-state index contributed by atoms with van der Waals surface area (Å²) in [5, 5.41) is 1.65. The number of methoxy groups -OCH3 is 1. The van der Waals surface area contributed by atoms with Gasteiger partial charge in [0.2, 0.25) is 0 Å². The summed E-state index contributed by atoms with van der Waals surface area (Å²) in [5.74, 6) is 0.712. The number of pyridine rings is 1. The Morgan fingerprint density at radius 1 is 1.27 bits per heavy atom. The first-order valence-corrected chi connectivity index (χ1v) is 4.78. The number of nitrogens with zero attached hydrogens (tertiary/aromatic N) is 1. The number of hydrogen-bond donors (Lipinski definition) is 0. The highest BCUT2D eigenvalue weighted by Gasteiger charge is 2.04. The van der Waals surface area contributed by atoms with Gasteiger partial charge in [0.25, 0.3) is 5.56 Å². The van der Waals surface area contributed by atoms with Crippen molar-refractivity contribution in [3.63, 3.8) is 0 Å². The molecule has 0 aliphatic rings. The van der Waals surface area contributed by atoms with E-state index in [1.54, 1.807) is 24.8 Å². The predicted octanol–water partition coefficient (Wildman–Crippen LogP) is 1.86. The highest BCUT2D eigenvalue weighted by atomic mass is 16.5. The van der Waals surface area contributed by atoms with Gasteiger partial charge in [-0.15, -0.1) is 0 Å². The van der Waals surface area contributed by atoms with Crippen molar-refractivity contribution in [2.24, 2.45) is 7.05 Å². The Hall–Kier alpha value is -1.77. The van der Waals surface area contributed by atoms with Crippen molar-refractivity contribution in [3.8, 4) is 5.75 Å². The van der Waals surface area contributed by atoms with Crippen molar-refractivity contribution in [3.05, 3.63) is 40.3 Å². The molecule has 1 aromatic heterocycles. The van der Waals surface area contributed by atoms with Crippen LogP contribution in [-0.4, -0.2) is 11.7 Å². The highest BCUT2D eigenvalue weighted by molar-refractivity contribution is 5.83. The summed E-state index contributed by atoms with van der Waals surface area (Å²) in [4.78, 5) is 11.9. The molecule has 78 valence electrons. The number of fused-ring (bicyclic) bond motifs is 1. The molecule has 0 aliphatic heterocycles. The van der Waals surface area contributed by atoms with Crippen molar-refractivity contribution in [1.82, 2.24) is 4.57 Å². The Morgan fingerprint density at radius 3 is 2.67 bits per heavy atom. The Bertz CT molecular complexity index is 570. The average molecular weight is 203 g/mol. The van der Waals surface area contributed by atoms with E-state index in [4.69, 9.17) is 4.74 Å². The van der Waals surface area contributed by atoms with E-state index >= 15 is 0 Å². The minimum absolute atomic E-state index is 0.0175.